The van der Waals surface area contributed by atoms with Crippen LogP contribution in [0.15, 0.2) is 12.7 Å². The summed E-state index contributed by atoms with van der Waals surface area (Å²) in [4.78, 5) is 28.4. The van der Waals surface area contributed by atoms with Crippen molar-refractivity contribution in [1.29, 1.82) is 0 Å². The minimum atomic E-state index is -2.80. The van der Waals surface area contributed by atoms with Gasteiger partial charge in [0.2, 0.25) is 5.91 Å². The topological polar surface area (TPSA) is 67.2 Å². The number of halogens is 2. The Labute approximate surface area is 130 Å². The standard InChI is InChI=1S/C14H16F2N6O/c1-20-8-19-10-11(20)17-7-18-12(10)21-2-4-22(5-3-21)13(23)9-6-14(9,15)16/h7-9H,2-6H2,1H3. The lowest BCUT2D eigenvalue weighted by molar-refractivity contribution is -0.135. The molecule has 2 fully saturated rings. The Kier molecular flexibility index (Phi) is 3.00. The van der Waals surface area contributed by atoms with Crippen molar-refractivity contribution in [3.8, 4) is 0 Å². The van der Waals surface area contributed by atoms with Gasteiger partial charge in [-0.3, -0.25) is 4.79 Å². The maximum atomic E-state index is 13.0. The van der Waals surface area contributed by atoms with Gasteiger partial charge in [0, 0.05) is 39.6 Å². The average Bonchev–Trinajstić information content (AvgIpc) is 3.03. The number of aryl methyl sites for hydroxylation is 1. The summed E-state index contributed by atoms with van der Waals surface area (Å²) in [6.45, 7) is 1.94. The highest BCUT2D eigenvalue weighted by Gasteiger charge is 2.62. The molecule has 0 radical (unpaired) electrons. The van der Waals surface area contributed by atoms with Gasteiger partial charge >= 0.3 is 0 Å². The Morgan fingerprint density at radius 2 is 1.91 bits per heavy atom. The lowest BCUT2D eigenvalue weighted by Gasteiger charge is -2.35. The fourth-order valence-corrected chi connectivity index (χ4v) is 3.00. The number of alkyl halides is 2. The van der Waals surface area contributed by atoms with E-state index in [-0.39, 0.29) is 6.42 Å². The van der Waals surface area contributed by atoms with Gasteiger partial charge < -0.3 is 14.4 Å². The quantitative estimate of drug-likeness (QED) is 0.813. The van der Waals surface area contributed by atoms with Crippen molar-refractivity contribution in [3.63, 3.8) is 0 Å². The molecule has 1 aliphatic carbocycles. The van der Waals surface area contributed by atoms with Crippen LogP contribution in [-0.2, 0) is 11.8 Å². The van der Waals surface area contributed by atoms with Gasteiger partial charge in [-0.15, -0.1) is 0 Å². The van der Waals surface area contributed by atoms with Crippen LogP contribution in [-0.4, -0.2) is 62.4 Å². The van der Waals surface area contributed by atoms with E-state index in [0.29, 0.717) is 31.7 Å². The number of hydrogen-bond acceptors (Lipinski definition) is 5. The fraction of sp³-hybridized carbons (Fsp3) is 0.571. The summed E-state index contributed by atoms with van der Waals surface area (Å²) in [5.41, 5.74) is 1.45. The fourth-order valence-electron chi connectivity index (χ4n) is 3.00. The molecule has 1 unspecified atom stereocenters. The van der Waals surface area contributed by atoms with Crippen LogP contribution in [0, 0.1) is 5.92 Å². The monoisotopic (exact) mass is 322 g/mol. The zero-order valence-electron chi connectivity index (χ0n) is 12.6. The Hall–Kier alpha value is -2.32. The Bertz CT molecular complexity index is 768. The van der Waals surface area contributed by atoms with Crippen LogP contribution in [0.5, 0.6) is 0 Å². The van der Waals surface area contributed by atoms with Gasteiger partial charge in [-0.05, 0) is 0 Å². The molecule has 1 atom stereocenters. The van der Waals surface area contributed by atoms with Crippen LogP contribution in [0.4, 0.5) is 14.6 Å². The minimum absolute atomic E-state index is 0.313. The zero-order chi connectivity index (χ0) is 16.2. The molecule has 0 spiro atoms. The second kappa shape index (κ2) is 4.84. The van der Waals surface area contributed by atoms with Crippen LogP contribution < -0.4 is 4.90 Å². The molecular formula is C14H16F2N6O. The number of imidazole rings is 1. The van der Waals surface area contributed by atoms with Gasteiger partial charge in [-0.1, -0.05) is 0 Å². The first kappa shape index (κ1) is 14.3. The largest absolute Gasteiger partial charge is 0.351 e. The lowest BCUT2D eigenvalue weighted by atomic mass is 10.2. The predicted octanol–water partition coefficient (Wildman–Crippen LogP) is 0.667. The third-order valence-corrected chi connectivity index (χ3v) is 4.49. The number of amides is 1. The molecule has 0 aromatic carbocycles. The van der Waals surface area contributed by atoms with Gasteiger partial charge in [0.1, 0.15) is 12.2 Å². The molecule has 1 aliphatic heterocycles. The van der Waals surface area contributed by atoms with E-state index >= 15 is 0 Å². The van der Waals surface area contributed by atoms with Gasteiger partial charge in [-0.25, -0.2) is 23.7 Å². The van der Waals surface area contributed by atoms with E-state index in [9.17, 15) is 13.6 Å². The number of aromatic nitrogens is 4. The van der Waals surface area contributed by atoms with Crippen molar-refractivity contribution >= 4 is 22.9 Å². The van der Waals surface area contributed by atoms with Crippen LogP contribution >= 0.6 is 0 Å². The zero-order valence-corrected chi connectivity index (χ0v) is 12.6. The van der Waals surface area contributed by atoms with Crippen LogP contribution in [0.3, 0.4) is 0 Å². The van der Waals surface area contributed by atoms with Crippen molar-refractivity contribution in [3.05, 3.63) is 12.7 Å². The number of fused-ring (bicyclic) bond motifs is 1. The van der Waals surface area contributed by atoms with Crippen LogP contribution in [0.2, 0.25) is 0 Å². The highest BCUT2D eigenvalue weighted by Crippen LogP contribution is 2.49. The van der Waals surface area contributed by atoms with E-state index in [1.54, 1.807) is 6.33 Å². The maximum absolute atomic E-state index is 13.0. The molecule has 3 heterocycles. The molecule has 2 aromatic heterocycles. The molecule has 122 valence electrons. The summed E-state index contributed by atoms with van der Waals surface area (Å²) in [7, 11) is 1.86. The van der Waals surface area contributed by atoms with Crippen molar-refractivity contribution in [2.45, 2.75) is 12.3 Å². The molecule has 1 saturated carbocycles. The first-order valence-corrected chi connectivity index (χ1v) is 7.51. The summed E-state index contributed by atoms with van der Waals surface area (Å²) < 4.78 is 27.9. The molecule has 2 aliphatic rings. The Balaban J connectivity index is 1.48. The minimum Gasteiger partial charge on any atom is -0.351 e. The van der Waals surface area contributed by atoms with Crippen molar-refractivity contribution in [1.82, 2.24) is 24.4 Å². The smallest absolute Gasteiger partial charge is 0.260 e. The number of rotatable bonds is 2. The number of hydrogen-bond donors (Lipinski definition) is 0. The first-order chi connectivity index (χ1) is 11.0. The number of carbonyl (C=O) groups excluding carboxylic acids is 1. The third-order valence-electron chi connectivity index (χ3n) is 4.49. The lowest BCUT2D eigenvalue weighted by Crippen LogP contribution is -2.50. The number of carbonyl (C=O) groups is 1. The van der Waals surface area contributed by atoms with Crippen molar-refractivity contribution in [2.75, 3.05) is 31.1 Å². The van der Waals surface area contributed by atoms with E-state index in [2.05, 4.69) is 15.0 Å². The highest BCUT2D eigenvalue weighted by molar-refractivity contribution is 5.85. The summed E-state index contributed by atoms with van der Waals surface area (Å²) in [6.07, 6.45) is 2.85. The summed E-state index contributed by atoms with van der Waals surface area (Å²) in [5.74, 6) is -3.63. The molecule has 9 heteroatoms. The summed E-state index contributed by atoms with van der Waals surface area (Å²) in [6, 6.07) is 0. The SMILES string of the molecule is Cn1cnc2c(N3CCN(C(=O)C4CC4(F)F)CC3)ncnc21. The summed E-state index contributed by atoms with van der Waals surface area (Å²) in [5, 5.41) is 0. The molecule has 0 bridgehead atoms. The Morgan fingerprint density at radius 3 is 2.57 bits per heavy atom. The molecule has 23 heavy (non-hydrogen) atoms. The normalized spacial score (nSPS) is 23.3. The summed E-state index contributed by atoms with van der Waals surface area (Å²) >= 11 is 0. The molecule has 2 aromatic rings. The van der Waals surface area contributed by atoms with E-state index in [4.69, 9.17) is 0 Å². The van der Waals surface area contributed by atoms with Gasteiger partial charge in [-0.2, -0.15) is 0 Å². The second-order valence-corrected chi connectivity index (χ2v) is 6.06. The first-order valence-electron chi connectivity index (χ1n) is 7.51. The molecule has 1 saturated heterocycles. The number of nitrogens with zero attached hydrogens (tertiary/aromatic N) is 6. The molecular weight excluding hydrogens is 306 g/mol. The Morgan fingerprint density at radius 1 is 1.22 bits per heavy atom. The van der Waals surface area contributed by atoms with Crippen molar-refractivity contribution < 1.29 is 13.6 Å². The van der Waals surface area contributed by atoms with Crippen molar-refractivity contribution in [2.24, 2.45) is 13.0 Å². The number of anilines is 1. The maximum Gasteiger partial charge on any atom is 0.260 e. The van der Waals surface area contributed by atoms with Gasteiger partial charge in [0.15, 0.2) is 17.0 Å². The molecule has 4 rings (SSSR count). The van der Waals surface area contributed by atoms with E-state index in [1.807, 2.05) is 16.5 Å². The molecule has 7 nitrogen and oxygen atoms in total. The van der Waals surface area contributed by atoms with Gasteiger partial charge in [0.25, 0.3) is 5.92 Å². The van der Waals surface area contributed by atoms with Gasteiger partial charge in [0.05, 0.1) is 6.33 Å². The highest BCUT2D eigenvalue weighted by atomic mass is 19.3. The average molecular weight is 322 g/mol. The van der Waals surface area contributed by atoms with Crippen LogP contribution in [0.25, 0.3) is 11.2 Å². The molecule has 1 amide bonds. The van der Waals surface area contributed by atoms with E-state index in [1.165, 1.54) is 11.2 Å². The number of piperazine rings is 1. The second-order valence-electron chi connectivity index (χ2n) is 6.06. The molecule has 0 N–H and O–H groups in total. The predicted molar refractivity (Wildman–Crippen MR) is 78.2 cm³/mol. The van der Waals surface area contributed by atoms with Crippen LogP contribution in [0.1, 0.15) is 6.42 Å². The third kappa shape index (κ3) is 2.30. The van der Waals surface area contributed by atoms with E-state index < -0.39 is 17.7 Å². The van der Waals surface area contributed by atoms with E-state index in [0.717, 1.165) is 11.5 Å².